The van der Waals surface area contributed by atoms with Crippen molar-refractivity contribution in [3.63, 3.8) is 0 Å². The van der Waals surface area contributed by atoms with Crippen molar-refractivity contribution in [2.75, 3.05) is 26.2 Å². The molecule has 2 N–H and O–H groups in total. The van der Waals surface area contributed by atoms with Gasteiger partial charge in [0, 0.05) is 13.1 Å². The van der Waals surface area contributed by atoms with E-state index in [4.69, 9.17) is 6.42 Å². The number of guanidine groups is 1. The molecule has 0 spiro atoms. The molecule has 0 aliphatic rings. The van der Waals surface area contributed by atoms with Gasteiger partial charge in [-0.15, -0.1) is 6.42 Å². The molecular formula is C18H28N4. The zero-order valence-corrected chi connectivity index (χ0v) is 14.0. The number of aliphatic imine (C=N–C) groups is 1. The molecule has 0 amide bonds. The molecule has 0 aliphatic heterocycles. The smallest absolute Gasteiger partial charge is 0.192 e. The Morgan fingerprint density at radius 2 is 1.82 bits per heavy atom. The molecule has 0 unspecified atom stereocenters. The van der Waals surface area contributed by atoms with E-state index in [1.807, 2.05) is 6.92 Å². The Labute approximate surface area is 135 Å². The van der Waals surface area contributed by atoms with Crippen LogP contribution >= 0.6 is 0 Å². The number of nitrogens with zero attached hydrogens (tertiary/aromatic N) is 2. The molecule has 0 saturated carbocycles. The van der Waals surface area contributed by atoms with Gasteiger partial charge in [-0.2, -0.15) is 0 Å². The molecule has 1 aromatic carbocycles. The summed E-state index contributed by atoms with van der Waals surface area (Å²) in [6.07, 6.45) is 5.29. The molecule has 0 aromatic heterocycles. The van der Waals surface area contributed by atoms with Crippen LogP contribution in [0, 0.1) is 12.3 Å². The van der Waals surface area contributed by atoms with Crippen molar-refractivity contribution in [3.8, 4) is 12.3 Å². The van der Waals surface area contributed by atoms with Gasteiger partial charge in [0.2, 0.25) is 0 Å². The highest BCUT2D eigenvalue weighted by molar-refractivity contribution is 5.80. The lowest BCUT2D eigenvalue weighted by Crippen LogP contribution is -2.37. The van der Waals surface area contributed by atoms with Gasteiger partial charge in [0.15, 0.2) is 5.96 Å². The second kappa shape index (κ2) is 10.7. The van der Waals surface area contributed by atoms with Crippen LogP contribution in [-0.2, 0) is 13.1 Å². The highest BCUT2D eigenvalue weighted by Gasteiger charge is 2.06. The van der Waals surface area contributed by atoms with E-state index in [9.17, 15) is 0 Å². The summed E-state index contributed by atoms with van der Waals surface area (Å²) in [5.41, 5.74) is 2.59. The van der Waals surface area contributed by atoms with Gasteiger partial charge in [-0.3, -0.25) is 4.90 Å². The normalized spacial score (nSPS) is 11.3. The Balaban J connectivity index is 2.81. The fourth-order valence-electron chi connectivity index (χ4n) is 2.19. The average Bonchev–Trinajstić information content (AvgIpc) is 2.56. The highest BCUT2D eigenvalue weighted by Crippen LogP contribution is 2.13. The molecular weight excluding hydrogens is 272 g/mol. The monoisotopic (exact) mass is 300 g/mol. The minimum absolute atomic E-state index is 0.479. The molecule has 1 aromatic rings. The van der Waals surface area contributed by atoms with Crippen molar-refractivity contribution < 1.29 is 0 Å². The molecule has 0 heterocycles. The number of benzene rings is 1. The first-order valence-corrected chi connectivity index (χ1v) is 7.99. The Bertz CT molecular complexity index is 498. The maximum atomic E-state index is 5.29. The highest BCUT2D eigenvalue weighted by atomic mass is 15.2. The predicted octanol–water partition coefficient (Wildman–Crippen LogP) is 2.22. The zero-order chi connectivity index (χ0) is 16.2. The van der Waals surface area contributed by atoms with Crippen molar-refractivity contribution in [1.29, 1.82) is 0 Å². The first-order chi connectivity index (χ1) is 10.7. The number of terminal acetylenes is 1. The lowest BCUT2D eigenvalue weighted by atomic mass is 10.1. The van der Waals surface area contributed by atoms with Crippen molar-refractivity contribution in [1.82, 2.24) is 15.5 Å². The summed E-state index contributed by atoms with van der Waals surface area (Å²) in [6.45, 7) is 11.5. The van der Waals surface area contributed by atoms with Crippen LogP contribution in [0.1, 0.15) is 31.9 Å². The Morgan fingerprint density at radius 1 is 1.14 bits per heavy atom. The molecule has 4 nitrogen and oxygen atoms in total. The van der Waals surface area contributed by atoms with Crippen LogP contribution in [-0.4, -0.2) is 37.0 Å². The van der Waals surface area contributed by atoms with E-state index < -0.39 is 0 Å². The average molecular weight is 300 g/mol. The van der Waals surface area contributed by atoms with Gasteiger partial charge >= 0.3 is 0 Å². The molecule has 22 heavy (non-hydrogen) atoms. The maximum Gasteiger partial charge on any atom is 0.192 e. The van der Waals surface area contributed by atoms with Gasteiger partial charge in [0.05, 0.1) is 13.1 Å². The third kappa shape index (κ3) is 6.19. The summed E-state index contributed by atoms with van der Waals surface area (Å²) in [5.74, 6) is 3.33. The van der Waals surface area contributed by atoms with Crippen molar-refractivity contribution in [2.45, 2.75) is 33.9 Å². The molecule has 0 saturated heterocycles. The summed E-state index contributed by atoms with van der Waals surface area (Å²) in [5, 5.41) is 6.32. The molecule has 0 bridgehead atoms. The second-order valence-electron chi connectivity index (χ2n) is 4.98. The quantitative estimate of drug-likeness (QED) is 0.439. The van der Waals surface area contributed by atoms with Crippen LogP contribution in [0.2, 0.25) is 0 Å². The van der Waals surface area contributed by atoms with Crippen molar-refractivity contribution >= 4 is 5.96 Å². The minimum Gasteiger partial charge on any atom is -0.357 e. The van der Waals surface area contributed by atoms with E-state index in [2.05, 4.69) is 64.6 Å². The van der Waals surface area contributed by atoms with Gasteiger partial charge in [-0.25, -0.2) is 4.99 Å². The van der Waals surface area contributed by atoms with E-state index in [1.54, 1.807) is 0 Å². The summed E-state index contributed by atoms with van der Waals surface area (Å²) in [7, 11) is 0. The van der Waals surface area contributed by atoms with Crippen LogP contribution in [0.25, 0.3) is 0 Å². The van der Waals surface area contributed by atoms with Crippen LogP contribution < -0.4 is 10.6 Å². The number of hydrogen-bond acceptors (Lipinski definition) is 2. The SMILES string of the molecule is C#CCNC(=NCc1ccccc1CN(CC)CC)NCC. The van der Waals surface area contributed by atoms with Gasteiger partial charge in [0.25, 0.3) is 0 Å². The van der Waals surface area contributed by atoms with Crippen molar-refractivity contribution in [3.05, 3.63) is 35.4 Å². The lowest BCUT2D eigenvalue weighted by Gasteiger charge is -2.19. The molecule has 0 radical (unpaired) electrons. The second-order valence-corrected chi connectivity index (χ2v) is 4.98. The number of hydrogen-bond donors (Lipinski definition) is 2. The summed E-state index contributed by atoms with van der Waals surface area (Å²) < 4.78 is 0. The zero-order valence-electron chi connectivity index (χ0n) is 14.0. The lowest BCUT2D eigenvalue weighted by molar-refractivity contribution is 0.295. The van der Waals surface area contributed by atoms with E-state index in [0.717, 1.165) is 32.1 Å². The van der Waals surface area contributed by atoms with Gasteiger partial charge < -0.3 is 10.6 Å². The molecule has 0 fully saturated rings. The molecule has 4 heteroatoms. The molecule has 0 atom stereocenters. The van der Waals surface area contributed by atoms with Crippen LogP contribution in [0.5, 0.6) is 0 Å². The molecule has 0 aliphatic carbocycles. The maximum absolute atomic E-state index is 5.29. The van der Waals surface area contributed by atoms with Crippen LogP contribution in [0.15, 0.2) is 29.3 Å². The minimum atomic E-state index is 0.479. The summed E-state index contributed by atoms with van der Waals surface area (Å²) >= 11 is 0. The Morgan fingerprint density at radius 3 is 2.41 bits per heavy atom. The first kappa shape index (κ1) is 18.1. The summed E-state index contributed by atoms with van der Waals surface area (Å²) in [4.78, 5) is 7.03. The van der Waals surface area contributed by atoms with E-state index in [1.165, 1.54) is 11.1 Å². The fraction of sp³-hybridized carbons (Fsp3) is 0.500. The predicted molar refractivity (Wildman–Crippen MR) is 94.7 cm³/mol. The van der Waals surface area contributed by atoms with Crippen molar-refractivity contribution in [2.24, 2.45) is 4.99 Å². The fourth-order valence-corrected chi connectivity index (χ4v) is 2.19. The van der Waals surface area contributed by atoms with Gasteiger partial charge in [-0.1, -0.05) is 44.0 Å². The Hall–Kier alpha value is -1.99. The topological polar surface area (TPSA) is 39.7 Å². The van der Waals surface area contributed by atoms with E-state index in [0.29, 0.717) is 13.1 Å². The number of rotatable bonds is 8. The molecule has 1 rings (SSSR count). The first-order valence-electron chi connectivity index (χ1n) is 7.99. The largest absolute Gasteiger partial charge is 0.357 e. The van der Waals surface area contributed by atoms with Crippen LogP contribution in [0.3, 0.4) is 0 Å². The standard InChI is InChI=1S/C18H28N4/c1-5-13-20-18(19-6-2)21-14-16-11-9-10-12-17(16)15-22(7-3)8-4/h1,9-12H,6-8,13-15H2,2-4H3,(H2,19,20,21). The molecule has 120 valence electrons. The van der Waals surface area contributed by atoms with Gasteiger partial charge in [0.1, 0.15) is 0 Å². The van der Waals surface area contributed by atoms with Crippen LogP contribution in [0.4, 0.5) is 0 Å². The van der Waals surface area contributed by atoms with E-state index >= 15 is 0 Å². The summed E-state index contributed by atoms with van der Waals surface area (Å²) in [6, 6.07) is 8.49. The van der Waals surface area contributed by atoms with E-state index in [-0.39, 0.29) is 0 Å². The van der Waals surface area contributed by atoms with Gasteiger partial charge in [-0.05, 0) is 31.1 Å². The third-order valence-electron chi connectivity index (χ3n) is 3.52. The Kier molecular flexibility index (Phi) is 8.78. The number of nitrogens with one attached hydrogen (secondary N) is 2. The third-order valence-corrected chi connectivity index (χ3v) is 3.52.